The Bertz CT molecular complexity index is 599. The van der Waals surface area contributed by atoms with Crippen molar-refractivity contribution in [2.45, 2.75) is 12.2 Å². The molecule has 4 heteroatoms. The molecule has 0 aliphatic carbocycles. The lowest BCUT2D eigenvalue weighted by Gasteiger charge is -2.15. The van der Waals surface area contributed by atoms with Gasteiger partial charge in [0, 0.05) is 11.8 Å². The minimum Gasteiger partial charge on any atom is -0.508 e. The standard InChI is InChI=1S/C16H17NO2S/c1-11-8-9-13(10-14(11)18)17-16(19)15(20-2)12-6-4-3-5-7-12/h3-10,15,18H,1-2H3,(H,17,19). The summed E-state index contributed by atoms with van der Waals surface area (Å²) in [7, 11) is 0. The average molecular weight is 287 g/mol. The van der Waals surface area contributed by atoms with Gasteiger partial charge in [0.05, 0.1) is 0 Å². The maximum Gasteiger partial charge on any atom is 0.241 e. The molecule has 0 saturated heterocycles. The van der Waals surface area contributed by atoms with Gasteiger partial charge in [0.2, 0.25) is 5.91 Å². The Morgan fingerprint density at radius 3 is 2.50 bits per heavy atom. The Kier molecular flexibility index (Phi) is 4.69. The van der Waals surface area contributed by atoms with Crippen LogP contribution in [0.25, 0.3) is 0 Å². The predicted octanol–water partition coefficient (Wildman–Crippen LogP) is 3.74. The first kappa shape index (κ1) is 14.5. The van der Waals surface area contributed by atoms with Crippen LogP contribution in [0.1, 0.15) is 16.4 Å². The second kappa shape index (κ2) is 6.48. The molecule has 3 nitrogen and oxygen atoms in total. The number of thioether (sulfide) groups is 1. The summed E-state index contributed by atoms with van der Waals surface area (Å²) in [6, 6.07) is 14.8. The highest BCUT2D eigenvalue weighted by Crippen LogP contribution is 2.29. The van der Waals surface area contributed by atoms with Gasteiger partial charge in [-0.3, -0.25) is 4.79 Å². The largest absolute Gasteiger partial charge is 0.508 e. The fraction of sp³-hybridized carbons (Fsp3) is 0.188. The van der Waals surface area contributed by atoms with Crippen molar-refractivity contribution in [3.05, 3.63) is 59.7 Å². The maximum absolute atomic E-state index is 12.3. The second-order valence-electron chi connectivity index (χ2n) is 4.52. The van der Waals surface area contributed by atoms with Gasteiger partial charge in [0.1, 0.15) is 11.0 Å². The lowest BCUT2D eigenvalue weighted by Crippen LogP contribution is -2.18. The second-order valence-corrected chi connectivity index (χ2v) is 5.46. The first-order valence-corrected chi connectivity index (χ1v) is 7.59. The van der Waals surface area contributed by atoms with E-state index in [0.29, 0.717) is 5.69 Å². The fourth-order valence-corrected chi connectivity index (χ4v) is 2.62. The molecule has 0 aliphatic rings. The number of nitrogens with one attached hydrogen (secondary N) is 1. The van der Waals surface area contributed by atoms with Gasteiger partial charge in [0.25, 0.3) is 0 Å². The Balaban J connectivity index is 2.15. The Morgan fingerprint density at radius 1 is 1.20 bits per heavy atom. The molecule has 1 unspecified atom stereocenters. The van der Waals surface area contributed by atoms with E-state index in [1.165, 1.54) is 11.8 Å². The first-order chi connectivity index (χ1) is 9.61. The molecule has 2 aromatic carbocycles. The number of anilines is 1. The molecule has 0 aliphatic heterocycles. The summed E-state index contributed by atoms with van der Waals surface area (Å²) in [5.41, 5.74) is 2.36. The summed E-state index contributed by atoms with van der Waals surface area (Å²) in [6.07, 6.45) is 1.91. The number of amides is 1. The lowest BCUT2D eigenvalue weighted by atomic mass is 10.1. The van der Waals surface area contributed by atoms with Gasteiger partial charge in [-0.2, -0.15) is 0 Å². The van der Waals surface area contributed by atoms with E-state index in [4.69, 9.17) is 0 Å². The minimum atomic E-state index is -0.264. The number of phenols is 1. The number of aryl methyl sites for hydroxylation is 1. The van der Waals surface area contributed by atoms with E-state index in [-0.39, 0.29) is 16.9 Å². The van der Waals surface area contributed by atoms with Crippen LogP contribution in [0.5, 0.6) is 5.75 Å². The van der Waals surface area contributed by atoms with Crippen molar-refractivity contribution in [1.82, 2.24) is 0 Å². The third-order valence-corrected chi connectivity index (χ3v) is 4.01. The van der Waals surface area contributed by atoms with Gasteiger partial charge in [0.15, 0.2) is 0 Å². The van der Waals surface area contributed by atoms with Crippen LogP contribution in [0.2, 0.25) is 0 Å². The van der Waals surface area contributed by atoms with Gasteiger partial charge < -0.3 is 10.4 Å². The summed E-state index contributed by atoms with van der Waals surface area (Å²) in [4.78, 5) is 12.3. The van der Waals surface area contributed by atoms with Crippen LogP contribution in [0.15, 0.2) is 48.5 Å². The molecule has 0 spiro atoms. The number of hydrogen-bond acceptors (Lipinski definition) is 3. The molecule has 2 N–H and O–H groups in total. The van der Waals surface area contributed by atoms with Gasteiger partial charge in [-0.15, -0.1) is 11.8 Å². The van der Waals surface area contributed by atoms with Crippen molar-refractivity contribution in [2.24, 2.45) is 0 Å². The summed E-state index contributed by atoms with van der Waals surface area (Å²) in [6.45, 7) is 1.82. The Hall–Kier alpha value is -1.94. The molecule has 0 fully saturated rings. The van der Waals surface area contributed by atoms with Crippen LogP contribution in [0.3, 0.4) is 0 Å². The number of carbonyl (C=O) groups is 1. The maximum atomic E-state index is 12.3. The number of aromatic hydroxyl groups is 1. The molecular weight excluding hydrogens is 270 g/mol. The molecule has 2 aromatic rings. The van der Waals surface area contributed by atoms with E-state index < -0.39 is 0 Å². The zero-order valence-electron chi connectivity index (χ0n) is 11.5. The number of phenolic OH excluding ortho intramolecular Hbond substituents is 1. The summed E-state index contributed by atoms with van der Waals surface area (Å²) in [5, 5.41) is 12.2. The van der Waals surface area contributed by atoms with Crippen molar-refractivity contribution >= 4 is 23.4 Å². The third kappa shape index (κ3) is 3.33. The number of rotatable bonds is 4. The molecule has 104 valence electrons. The van der Waals surface area contributed by atoms with Crippen LogP contribution >= 0.6 is 11.8 Å². The van der Waals surface area contributed by atoms with Crippen LogP contribution in [-0.4, -0.2) is 17.3 Å². The van der Waals surface area contributed by atoms with Crippen LogP contribution in [-0.2, 0) is 4.79 Å². The highest BCUT2D eigenvalue weighted by atomic mass is 32.2. The SMILES string of the molecule is CSC(C(=O)Nc1ccc(C)c(O)c1)c1ccccc1. The van der Waals surface area contributed by atoms with E-state index >= 15 is 0 Å². The Labute approximate surface area is 123 Å². The van der Waals surface area contributed by atoms with Crippen molar-refractivity contribution in [3.63, 3.8) is 0 Å². The van der Waals surface area contributed by atoms with Gasteiger partial charge >= 0.3 is 0 Å². The van der Waals surface area contributed by atoms with E-state index in [1.54, 1.807) is 18.2 Å². The summed E-state index contributed by atoms with van der Waals surface area (Å²) < 4.78 is 0. The van der Waals surface area contributed by atoms with Gasteiger partial charge in [-0.1, -0.05) is 36.4 Å². The molecule has 0 heterocycles. The number of benzene rings is 2. The molecule has 20 heavy (non-hydrogen) atoms. The molecule has 0 bridgehead atoms. The van der Waals surface area contributed by atoms with Crippen LogP contribution in [0, 0.1) is 6.92 Å². The fourth-order valence-electron chi connectivity index (χ4n) is 1.92. The number of carbonyl (C=O) groups excluding carboxylic acids is 1. The zero-order valence-corrected chi connectivity index (χ0v) is 12.3. The van der Waals surface area contributed by atoms with Crippen molar-refractivity contribution in [1.29, 1.82) is 0 Å². The van der Waals surface area contributed by atoms with E-state index in [9.17, 15) is 9.90 Å². The molecular formula is C16H17NO2S. The molecule has 0 radical (unpaired) electrons. The Morgan fingerprint density at radius 2 is 1.90 bits per heavy atom. The predicted molar refractivity (Wildman–Crippen MR) is 84.2 cm³/mol. The lowest BCUT2D eigenvalue weighted by molar-refractivity contribution is -0.115. The number of hydrogen-bond donors (Lipinski definition) is 2. The summed E-state index contributed by atoms with van der Waals surface area (Å²) in [5.74, 6) is 0.0927. The van der Waals surface area contributed by atoms with Crippen molar-refractivity contribution < 1.29 is 9.90 Å². The molecule has 1 amide bonds. The van der Waals surface area contributed by atoms with Crippen molar-refractivity contribution in [3.8, 4) is 5.75 Å². The first-order valence-electron chi connectivity index (χ1n) is 6.30. The monoisotopic (exact) mass is 287 g/mol. The van der Waals surface area contributed by atoms with Gasteiger partial charge in [-0.25, -0.2) is 0 Å². The quantitative estimate of drug-likeness (QED) is 0.900. The molecule has 0 aromatic heterocycles. The highest BCUT2D eigenvalue weighted by molar-refractivity contribution is 7.99. The van der Waals surface area contributed by atoms with Crippen molar-refractivity contribution in [2.75, 3.05) is 11.6 Å². The zero-order chi connectivity index (χ0) is 14.5. The molecule has 0 saturated carbocycles. The molecule has 1 atom stereocenters. The summed E-state index contributed by atoms with van der Waals surface area (Å²) >= 11 is 1.48. The topological polar surface area (TPSA) is 49.3 Å². The van der Waals surface area contributed by atoms with Crippen LogP contribution < -0.4 is 5.32 Å². The van der Waals surface area contributed by atoms with E-state index in [1.807, 2.05) is 43.5 Å². The average Bonchev–Trinajstić information content (AvgIpc) is 2.45. The normalized spacial score (nSPS) is 11.9. The molecule has 2 rings (SSSR count). The van der Waals surface area contributed by atoms with Crippen LogP contribution in [0.4, 0.5) is 5.69 Å². The smallest absolute Gasteiger partial charge is 0.241 e. The van der Waals surface area contributed by atoms with E-state index in [2.05, 4.69) is 5.32 Å². The van der Waals surface area contributed by atoms with E-state index in [0.717, 1.165) is 11.1 Å². The third-order valence-electron chi connectivity index (χ3n) is 3.05. The minimum absolute atomic E-state index is 0.0908. The van der Waals surface area contributed by atoms with Gasteiger partial charge in [-0.05, 0) is 30.4 Å². The highest BCUT2D eigenvalue weighted by Gasteiger charge is 2.19.